The fourth-order valence-electron chi connectivity index (χ4n) is 2.46. The van der Waals surface area contributed by atoms with Crippen molar-refractivity contribution in [3.05, 3.63) is 29.8 Å². The third-order valence-electron chi connectivity index (χ3n) is 3.74. The zero-order chi connectivity index (χ0) is 13.8. The molecule has 2 atom stereocenters. The second kappa shape index (κ2) is 6.06. The Labute approximate surface area is 114 Å². The van der Waals surface area contributed by atoms with E-state index >= 15 is 0 Å². The highest BCUT2D eigenvalue weighted by Crippen LogP contribution is 2.23. The molecule has 1 heterocycles. The molecule has 1 aliphatic heterocycles. The SMILES string of the molecule is COc1ccc([C@@H](C)CC(=O)N2CC[C@H](N)C2)cc1. The lowest BCUT2D eigenvalue weighted by molar-refractivity contribution is -0.130. The molecule has 1 aromatic carbocycles. The van der Waals surface area contributed by atoms with Gasteiger partial charge in [0.15, 0.2) is 0 Å². The maximum absolute atomic E-state index is 12.1. The molecule has 4 heteroatoms. The lowest BCUT2D eigenvalue weighted by Crippen LogP contribution is -2.32. The molecule has 1 aliphatic rings. The van der Waals surface area contributed by atoms with E-state index in [2.05, 4.69) is 6.92 Å². The zero-order valence-electron chi connectivity index (χ0n) is 11.6. The van der Waals surface area contributed by atoms with Crippen LogP contribution < -0.4 is 10.5 Å². The predicted molar refractivity (Wildman–Crippen MR) is 75.2 cm³/mol. The Morgan fingerprint density at radius 3 is 2.68 bits per heavy atom. The largest absolute Gasteiger partial charge is 0.497 e. The maximum Gasteiger partial charge on any atom is 0.223 e. The van der Waals surface area contributed by atoms with Crippen LogP contribution in [-0.4, -0.2) is 37.0 Å². The van der Waals surface area contributed by atoms with Crippen LogP contribution in [0.1, 0.15) is 31.2 Å². The molecule has 4 nitrogen and oxygen atoms in total. The van der Waals surface area contributed by atoms with Crippen LogP contribution in [0, 0.1) is 0 Å². The van der Waals surface area contributed by atoms with E-state index in [9.17, 15) is 4.79 Å². The lowest BCUT2D eigenvalue weighted by Gasteiger charge is -2.19. The minimum absolute atomic E-state index is 0.153. The summed E-state index contributed by atoms with van der Waals surface area (Å²) in [6.07, 6.45) is 1.46. The monoisotopic (exact) mass is 262 g/mol. The number of hydrogen-bond donors (Lipinski definition) is 1. The Kier molecular flexibility index (Phi) is 4.43. The number of carbonyl (C=O) groups is 1. The van der Waals surface area contributed by atoms with Crippen molar-refractivity contribution >= 4 is 5.91 Å². The molecule has 0 bridgehead atoms. The minimum atomic E-state index is 0.153. The number of rotatable bonds is 4. The van der Waals surface area contributed by atoms with Gasteiger partial charge in [0.1, 0.15) is 5.75 Å². The summed E-state index contributed by atoms with van der Waals surface area (Å²) in [5, 5.41) is 0. The van der Waals surface area contributed by atoms with E-state index < -0.39 is 0 Å². The van der Waals surface area contributed by atoms with Crippen LogP contribution in [0.4, 0.5) is 0 Å². The molecule has 1 aromatic rings. The molecule has 0 saturated carbocycles. The Bertz CT molecular complexity index is 430. The quantitative estimate of drug-likeness (QED) is 0.899. The molecule has 0 aromatic heterocycles. The van der Waals surface area contributed by atoms with Crippen molar-refractivity contribution in [2.75, 3.05) is 20.2 Å². The minimum Gasteiger partial charge on any atom is -0.497 e. The van der Waals surface area contributed by atoms with Crippen molar-refractivity contribution < 1.29 is 9.53 Å². The van der Waals surface area contributed by atoms with Gasteiger partial charge in [-0.05, 0) is 30.0 Å². The van der Waals surface area contributed by atoms with Crippen molar-refractivity contribution in [1.29, 1.82) is 0 Å². The van der Waals surface area contributed by atoms with Crippen LogP contribution in [0.15, 0.2) is 24.3 Å². The number of amides is 1. The number of ether oxygens (including phenoxy) is 1. The summed E-state index contributed by atoms with van der Waals surface area (Å²) in [7, 11) is 1.65. The van der Waals surface area contributed by atoms with Crippen molar-refractivity contribution in [2.24, 2.45) is 5.73 Å². The third-order valence-corrected chi connectivity index (χ3v) is 3.74. The standard InChI is InChI=1S/C15H22N2O2/c1-11(12-3-5-14(19-2)6-4-12)9-15(18)17-8-7-13(16)10-17/h3-6,11,13H,7-10,16H2,1-2H3/t11-,13-/m0/s1. The highest BCUT2D eigenvalue weighted by molar-refractivity contribution is 5.77. The lowest BCUT2D eigenvalue weighted by atomic mass is 9.97. The van der Waals surface area contributed by atoms with Gasteiger partial charge in [-0.15, -0.1) is 0 Å². The number of carbonyl (C=O) groups excluding carboxylic acids is 1. The van der Waals surface area contributed by atoms with Gasteiger partial charge >= 0.3 is 0 Å². The number of nitrogens with two attached hydrogens (primary N) is 1. The predicted octanol–water partition coefficient (Wildman–Crippen LogP) is 1.75. The van der Waals surface area contributed by atoms with E-state index in [1.807, 2.05) is 29.2 Å². The van der Waals surface area contributed by atoms with Gasteiger partial charge in [0.25, 0.3) is 0 Å². The molecular weight excluding hydrogens is 240 g/mol. The summed E-state index contributed by atoms with van der Waals surface area (Å²) in [6.45, 7) is 3.58. The summed E-state index contributed by atoms with van der Waals surface area (Å²) >= 11 is 0. The molecule has 19 heavy (non-hydrogen) atoms. The van der Waals surface area contributed by atoms with Crippen LogP contribution in [0.2, 0.25) is 0 Å². The van der Waals surface area contributed by atoms with Gasteiger partial charge in [0.05, 0.1) is 7.11 Å². The molecule has 1 fully saturated rings. The molecular formula is C15H22N2O2. The summed E-state index contributed by atoms with van der Waals surface area (Å²) in [5.74, 6) is 1.26. The van der Waals surface area contributed by atoms with E-state index in [0.29, 0.717) is 13.0 Å². The molecule has 0 spiro atoms. The topological polar surface area (TPSA) is 55.6 Å². The van der Waals surface area contributed by atoms with E-state index in [1.54, 1.807) is 7.11 Å². The summed E-state index contributed by atoms with van der Waals surface area (Å²) in [6, 6.07) is 8.06. The van der Waals surface area contributed by atoms with Gasteiger partial charge in [-0.1, -0.05) is 19.1 Å². The van der Waals surface area contributed by atoms with E-state index in [0.717, 1.165) is 24.3 Å². The van der Waals surface area contributed by atoms with Crippen molar-refractivity contribution in [3.8, 4) is 5.75 Å². The number of likely N-dealkylation sites (tertiary alicyclic amines) is 1. The third kappa shape index (κ3) is 3.47. The molecule has 1 saturated heterocycles. The second-order valence-electron chi connectivity index (χ2n) is 5.27. The van der Waals surface area contributed by atoms with Crippen LogP contribution in [-0.2, 0) is 4.79 Å². The van der Waals surface area contributed by atoms with E-state index in [1.165, 1.54) is 0 Å². The van der Waals surface area contributed by atoms with E-state index in [-0.39, 0.29) is 17.9 Å². The highest BCUT2D eigenvalue weighted by atomic mass is 16.5. The average Bonchev–Trinajstić information content (AvgIpc) is 2.85. The van der Waals surface area contributed by atoms with Gasteiger partial charge in [-0.25, -0.2) is 0 Å². The normalized spacial score (nSPS) is 20.4. The maximum atomic E-state index is 12.1. The molecule has 104 valence electrons. The Morgan fingerprint density at radius 2 is 2.16 bits per heavy atom. The van der Waals surface area contributed by atoms with Gasteiger partial charge in [0.2, 0.25) is 5.91 Å². The Morgan fingerprint density at radius 1 is 1.47 bits per heavy atom. The van der Waals surface area contributed by atoms with Crippen molar-refractivity contribution in [2.45, 2.75) is 31.7 Å². The van der Waals surface area contributed by atoms with Crippen molar-refractivity contribution in [3.63, 3.8) is 0 Å². The summed E-state index contributed by atoms with van der Waals surface area (Å²) in [4.78, 5) is 14.0. The van der Waals surface area contributed by atoms with Crippen molar-refractivity contribution in [1.82, 2.24) is 4.90 Å². The number of nitrogens with zero attached hydrogens (tertiary/aromatic N) is 1. The molecule has 2 N–H and O–H groups in total. The Balaban J connectivity index is 1.92. The molecule has 2 rings (SSSR count). The van der Waals surface area contributed by atoms with Gasteiger partial charge in [-0.2, -0.15) is 0 Å². The fraction of sp³-hybridized carbons (Fsp3) is 0.533. The molecule has 1 amide bonds. The molecule has 0 unspecified atom stereocenters. The van der Waals surface area contributed by atoms with Gasteiger partial charge in [0, 0.05) is 25.6 Å². The fourth-order valence-corrected chi connectivity index (χ4v) is 2.46. The highest BCUT2D eigenvalue weighted by Gasteiger charge is 2.24. The number of benzene rings is 1. The smallest absolute Gasteiger partial charge is 0.223 e. The summed E-state index contributed by atoms with van der Waals surface area (Å²) in [5.41, 5.74) is 6.99. The first kappa shape index (κ1) is 13.9. The first-order chi connectivity index (χ1) is 9.10. The zero-order valence-corrected chi connectivity index (χ0v) is 11.6. The number of methoxy groups -OCH3 is 1. The first-order valence-electron chi connectivity index (χ1n) is 6.77. The van der Waals surface area contributed by atoms with Gasteiger partial charge < -0.3 is 15.4 Å². The van der Waals surface area contributed by atoms with Crippen LogP contribution in [0.5, 0.6) is 5.75 Å². The molecule has 0 aliphatic carbocycles. The first-order valence-corrected chi connectivity index (χ1v) is 6.77. The van der Waals surface area contributed by atoms with Gasteiger partial charge in [-0.3, -0.25) is 4.79 Å². The Hall–Kier alpha value is -1.55. The van der Waals surface area contributed by atoms with Crippen LogP contribution in [0.3, 0.4) is 0 Å². The average molecular weight is 262 g/mol. The van der Waals surface area contributed by atoms with Crippen LogP contribution in [0.25, 0.3) is 0 Å². The molecule has 0 radical (unpaired) electrons. The van der Waals surface area contributed by atoms with E-state index in [4.69, 9.17) is 10.5 Å². The van der Waals surface area contributed by atoms with Crippen LogP contribution >= 0.6 is 0 Å². The number of hydrogen-bond acceptors (Lipinski definition) is 3. The second-order valence-corrected chi connectivity index (χ2v) is 5.27. The summed E-state index contributed by atoms with van der Waals surface area (Å²) < 4.78 is 5.13.